The molecule has 0 aromatic rings. The molecule has 0 spiro atoms. The number of aliphatic hydroxyl groups is 1. The number of rotatable bonds is 0. The van der Waals surface area contributed by atoms with Gasteiger partial charge in [-0.25, -0.2) is 0 Å². The van der Waals surface area contributed by atoms with E-state index in [4.69, 9.17) is 0 Å². The molecule has 1 N–H and O–H groups in total. The summed E-state index contributed by atoms with van der Waals surface area (Å²) in [6.07, 6.45) is 16.1. The van der Waals surface area contributed by atoms with Gasteiger partial charge in [0.2, 0.25) is 0 Å². The molecule has 0 aliphatic heterocycles. The van der Waals surface area contributed by atoms with Gasteiger partial charge in [0.15, 0.2) is 0 Å². The van der Waals surface area contributed by atoms with E-state index in [2.05, 4.69) is 32.1 Å². The van der Waals surface area contributed by atoms with Crippen LogP contribution in [0.1, 0.15) is 58.8 Å². The second-order valence-corrected chi connectivity index (χ2v) is 8.40. The lowest BCUT2D eigenvalue weighted by Crippen LogP contribution is -2.48. The molecule has 6 atom stereocenters. The standard InChI is InChI=1S/C19H28O/c1-18-10-3-4-16(18)15-8-6-13-5-7-14(20)12-19(13,2)17(15)9-11-18/h5-6,8,14-17,20H,3-4,7,9-12H2,1-2H3/t14-,15-,16-,17-,18-,19-/m0/s1. The van der Waals surface area contributed by atoms with Crippen LogP contribution >= 0.6 is 0 Å². The Morgan fingerprint density at radius 1 is 1.15 bits per heavy atom. The van der Waals surface area contributed by atoms with Crippen molar-refractivity contribution in [1.29, 1.82) is 0 Å². The van der Waals surface area contributed by atoms with Crippen molar-refractivity contribution in [2.24, 2.45) is 28.6 Å². The lowest BCUT2D eigenvalue weighted by molar-refractivity contribution is -0.0147. The van der Waals surface area contributed by atoms with E-state index in [1.807, 2.05) is 0 Å². The number of aliphatic hydroxyl groups excluding tert-OH is 1. The molecule has 0 radical (unpaired) electrons. The van der Waals surface area contributed by atoms with Crippen LogP contribution in [-0.4, -0.2) is 11.2 Å². The topological polar surface area (TPSA) is 20.2 Å². The summed E-state index contributed by atoms with van der Waals surface area (Å²) in [6.45, 7) is 4.97. The maximum absolute atomic E-state index is 10.2. The Labute approximate surface area is 123 Å². The van der Waals surface area contributed by atoms with Gasteiger partial charge in [0.25, 0.3) is 0 Å². The van der Waals surface area contributed by atoms with Crippen LogP contribution in [0.25, 0.3) is 0 Å². The molecule has 1 heteroatoms. The van der Waals surface area contributed by atoms with Crippen LogP contribution in [0.5, 0.6) is 0 Å². The van der Waals surface area contributed by atoms with Gasteiger partial charge in [0.05, 0.1) is 6.10 Å². The van der Waals surface area contributed by atoms with Gasteiger partial charge in [0, 0.05) is 0 Å². The van der Waals surface area contributed by atoms with E-state index in [-0.39, 0.29) is 11.5 Å². The molecular formula is C19H28O. The largest absolute Gasteiger partial charge is 0.393 e. The summed E-state index contributed by atoms with van der Waals surface area (Å²) in [7, 11) is 0. The number of fused-ring (bicyclic) bond motifs is 5. The van der Waals surface area contributed by atoms with Gasteiger partial charge in [-0.3, -0.25) is 0 Å². The first-order chi connectivity index (χ1) is 9.53. The first kappa shape index (κ1) is 13.1. The monoisotopic (exact) mass is 272 g/mol. The van der Waals surface area contributed by atoms with Gasteiger partial charge in [0.1, 0.15) is 0 Å². The lowest BCUT2D eigenvalue weighted by atomic mass is 9.49. The molecule has 0 aromatic heterocycles. The fourth-order valence-electron chi connectivity index (χ4n) is 6.22. The fourth-order valence-corrected chi connectivity index (χ4v) is 6.22. The summed E-state index contributed by atoms with van der Waals surface area (Å²) >= 11 is 0. The van der Waals surface area contributed by atoms with Gasteiger partial charge < -0.3 is 5.11 Å². The minimum Gasteiger partial charge on any atom is -0.393 e. The summed E-state index contributed by atoms with van der Waals surface area (Å²) in [5.41, 5.74) is 2.36. The van der Waals surface area contributed by atoms with E-state index in [1.54, 1.807) is 0 Å². The SMILES string of the molecule is C[C@@]12CCC[C@H]1[C@@H]1C=CC3=CC[C@H](O)C[C@]3(C)[C@H]1CC2. The highest BCUT2D eigenvalue weighted by Gasteiger charge is 2.55. The van der Waals surface area contributed by atoms with Crippen molar-refractivity contribution in [2.75, 3.05) is 0 Å². The van der Waals surface area contributed by atoms with Crippen molar-refractivity contribution in [2.45, 2.75) is 64.9 Å². The number of hydrogen-bond acceptors (Lipinski definition) is 1. The molecule has 2 saturated carbocycles. The first-order valence-corrected chi connectivity index (χ1v) is 8.60. The van der Waals surface area contributed by atoms with Crippen molar-refractivity contribution < 1.29 is 5.11 Å². The zero-order chi connectivity index (χ0) is 14.0. The van der Waals surface area contributed by atoms with E-state index in [0.717, 1.165) is 30.6 Å². The van der Waals surface area contributed by atoms with E-state index < -0.39 is 0 Å². The lowest BCUT2D eigenvalue weighted by Gasteiger charge is -2.55. The Morgan fingerprint density at radius 3 is 2.85 bits per heavy atom. The predicted octanol–water partition coefficient (Wildman–Crippen LogP) is 4.48. The maximum atomic E-state index is 10.2. The van der Waals surface area contributed by atoms with Gasteiger partial charge in [-0.1, -0.05) is 38.5 Å². The average Bonchev–Trinajstić information content (AvgIpc) is 2.79. The molecule has 0 bridgehead atoms. The Kier molecular flexibility index (Phi) is 2.77. The van der Waals surface area contributed by atoms with Crippen molar-refractivity contribution >= 4 is 0 Å². The Hall–Kier alpha value is -0.560. The summed E-state index contributed by atoms with van der Waals surface area (Å²) in [5.74, 6) is 2.43. The zero-order valence-corrected chi connectivity index (χ0v) is 12.9. The first-order valence-electron chi connectivity index (χ1n) is 8.60. The zero-order valence-electron chi connectivity index (χ0n) is 12.9. The molecule has 0 aromatic carbocycles. The van der Waals surface area contributed by atoms with Crippen LogP contribution in [0.2, 0.25) is 0 Å². The third-order valence-electron chi connectivity index (χ3n) is 7.36. The third kappa shape index (κ3) is 1.65. The molecule has 1 nitrogen and oxygen atoms in total. The Morgan fingerprint density at radius 2 is 2.00 bits per heavy atom. The van der Waals surface area contributed by atoms with Crippen LogP contribution in [0.4, 0.5) is 0 Å². The normalized spacial score (nSPS) is 53.9. The highest BCUT2D eigenvalue weighted by Crippen LogP contribution is 2.63. The molecule has 4 aliphatic carbocycles. The summed E-state index contributed by atoms with van der Waals surface area (Å²) in [5, 5.41) is 10.2. The van der Waals surface area contributed by atoms with Gasteiger partial charge >= 0.3 is 0 Å². The molecule has 110 valence electrons. The predicted molar refractivity (Wildman–Crippen MR) is 82.2 cm³/mol. The Bertz CT molecular complexity index is 476. The second-order valence-electron chi connectivity index (χ2n) is 8.40. The van der Waals surface area contributed by atoms with Crippen LogP contribution in [-0.2, 0) is 0 Å². The van der Waals surface area contributed by atoms with E-state index in [9.17, 15) is 5.11 Å². The maximum Gasteiger partial charge on any atom is 0.0583 e. The van der Waals surface area contributed by atoms with Crippen LogP contribution in [0.3, 0.4) is 0 Å². The molecular weight excluding hydrogens is 244 g/mol. The molecule has 0 saturated heterocycles. The molecule has 0 heterocycles. The second kappa shape index (κ2) is 4.22. The number of allylic oxidation sites excluding steroid dienone is 3. The molecule has 0 unspecified atom stereocenters. The highest BCUT2D eigenvalue weighted by molar-refractivity contribution is 5.35. The van der Waals surface area contributed by atoms with Crippen LogP contribution in [0.15, 0.2) is 23.8 Å². The van der Waals surface area contributed by atoms with Crippen molar-refractivity contribution in [3.05, 3.63) is 23.8 Å². The fraction of sp³-hybridized carbons (Fsp3) is 0.789. The van der Waals surface area contributed by atoms with E-state index in [0.29, 0.717) is 5.41 Å². The Balaban J connectivity index is 1.74. The third-order valence-corrected chi connectivity index (χ3v) is 7.36. The molecule has 4 aliphatic rings. The van der Waals surface area contributed by atoms with E-state index >= 15 is 0 Å². The van der Waals surface area contributed by atoms with Crippen LogP contribution < -0.4 is 0 Å². The molecule has 20 heavy (non-hydrogen) atoms. The minimum absolute atomic E-state index is 0.118. The van der Waals surface area contributed by atoms with Crippen molar-refractivity contribution in [1.82, 2.24) is 0 Å². The van der Waals surface area contributed by atoms with Gasteiger partial charge in [-0.15, -0.1) is 0 Å². The summed E-state index contributed by atoms with van der Waals surface area (Å²) in [4.78, 5) is 0. The average molecular weight is 272 g/mol. The molecule has 2 fully saturated rings. The quantitative estimate of drug-likeness (QED) is 0.689. The van der Waals surface area contributed by atoms with Crippen molar-refractivity contribution in [3.8, 4) is 0 Å². The van der Waals surface area contributed by atoms with Crippen molar-refractivity contribution in [3.63, 3.8) is 0 Å². The van der Waals surface area contributed by atoms with Gasteiger partial charge in [-0.05, 0) is 72.7 Å². The molecule has 4 rings (SSSR count). The van der Waals surface area contributed by atoms with Gasteiger partial charge in [-0.2, -0.15) is 0 Å². The summed E-state index contributed by atoms with van der Waals surface area (Å²) in [6, 6.07) is 0. The summed E-state index contributed by atoms with van der Waals surface area (Å²) < 4.78 is 0. The van der Waals surface area contributed by atoms with Crippen LogP contribution in [0, 0.1) is 28.6 Å². The molecule has 0 amide bonds. The highest BCUT2D eigenvalue weighted by atomic mass is 16.3. The van der Waals surface area contributed by atoms with E-state index in [1.165, 1.54) is 37.7 Å². The smallest absolute Gasteiger partial charge is 0.0583 e. The number of hydrogen-bond donors (Lipinski definition) is 1. The minimum atomic E-state index is -0.118.